The van der Waals surface area contributed by atoms with Gasteiger partial charge in [0.2, 0.25) is 5.95 Å². The van der Waals surface area contributed by atoms with Gasteiger partial charge in [0.25, 0.3) is 0 Å². The van der Waals surface area contributed by atoms with Crippen LogP contribution in [-0.2, 0) is 11.0 Å². The number of hydroxylamine groups is 2. The lowest BCUT2D eigenvalue weighted by Gasteiger charge is -2.34. The van der Waals surface area contributed by atoms with Crippen LogP contribution >= 0.6 is 0 Å². The van der Waals surface area contributed by atoms with E-state index in [-0.39, 0.29) is 11.6 Å². The maximum atomic E-state index is 13.0. The average Bonchev–Trinajstić information content (AvgIpc) is 2.81. The van der Waals surface area contributed by atoms with Gasteiger partial charge in [-0.1, -0.05) is 6.07 Å². The first-order valence-corrected chi connectivity index (χ1v) is 10.4. The maximum absolute atomic E-state index is 13.0. The Hall–Kier alpha value is -3.44. The van der Waals surface area contributed by atoms with Gasteiger partial charge in [0.15, 0.2) is 0 Å². The van der Waals surface area contributed by atoms with Crippen molar-refractivity contribution in [1.29, 1.82) is 0 Å². The topological polar surface area (TPSA) is 78.4 Å². The van der Waals surface area contributed by atoms with Crippen molar-refractivity contribution in [3.05, 3.63) is 59.9 Å². The number of hydrogen-bond acceptors (Lipinski definition) is 8. The molecule has 174 valence electrons. The second-order valence-electron chi connectivity index (χ2n) is 7.55. The molecule has 0 saturated carbocycles. The molecular formula is C22H24F3N7O. The summed E-state index contributed by atoms with van der Waals surface area (Å²) in [6, 6.07) is 8.77. The summed E-state index contributed by atoms with van der Waals surface area (Å²) in [6.07, 6.45) is -1.05. The lowest BCUT2D eigenvalue weighted by atomic mass is 10.2. The molecule has 8 nitrogen and oxygen atoms in total. The number of anilines is 5. The Bertz CT molecular complexity index is 1080. The Morgan fingerprint density at radius 1 is 0.970 bits per heavy atom. The van der Waals surface area contributed by atoms with E-state index in [1.807, 2.05) is 17.2 Å². The van der Waals surface area contributed by atoms with Crippen LogP contribution in [0.4, 0.5) is 42.1 Å². The molecule has 0 atom stereocenters. The predicted octanol–water partition coefficient (Wildman–Crippen LogP) is 4.37. The molecule has 1 aliphatic heterocycles. The van der Waals surface area contributed by atoms with Gasteiger partial charge in [-0.05, 0) is 37.3 Å². The highest BCUT2D eigenvalue weighted by Gasteiger charge is 2.30. The zero-order valence-electron chi connectivity index (χ0n) is 18.2. The molecular weight excluding hydrogens is 435 g/mol. The minimum atomic E-state index is -4.42. The van der Waals surface area contributed by atoms with Crippen molar-refractivity contribution >= 4 is 29.0 Å². The van der Waals surface area contributed by atoms with E-state index in [0.29, 0.717) is 17.2 Å². The summed E-state index contributed by atoms with van der Waals surface area (Å²) >= 11 is 0. The smallest absolute Gasteiger partial charge is 0.368 e. The Morgan fingerprint density at radius 3 is 2.42 bits per heavy atom. The molecule has 0 unspecified atom stereocenters. The number of aromatic nitrogens is 3. The molecule has 1 aliphatic rings. The number of pyridine rings is 1. The Morgan fingerprint density at radius 2 is 1.76 bits per heavy atom. The summed E-state index contributed by atoms with van der Waals surface area (Å²) in [5, 5.41) is 7.89. The highest BCUT2D eigenvalue weighted by Crippen LogP contribution is 2.31. The summed E-state index contributed by atoms with van der Waals surface area (Å²) in [5.41, 5.74) is 1.25. The van der Waals surface area contributed by atoms with Crippen LogP contribution < -0.4 is 15.5 Å². The van der Waals surface area contributed by atoms with E-state index in [1.54, 1.807) is 32.5 Å². The summed E-state index contributed by atoms with van der Waals surface area (Å²) < 4.78 is 39.0. The summed E-state index contributed by atoms with van der Waals surface area (Å²) in [7, 11) is 1.67. The molecule has 4 rings (SSSR count). The van der Waals surface area contributed by atoms with Crippen molar-refractivity contribution in [3.63, 3.8) is 0 Å². The third-order valence-corrected chi connectivity index (χ3v) is 5.27. The summed E-state index contributed by atoms with van der Waals surface area (Å²) in [6.45, 7) is 5.09. The van der Waals surface area contributed by atoms with E-state index in [1.165, 1.54) is 6.07 Å². The van der Waals surface area contributed by atoms with E-state index >= 15 is 0 Å². The van der Waals surface area contributed by atoms with Crippen molar-refractivity contribution < 1.29 is 18.0 Å². The van der Waals surface area contributed by atoms with Gasteiger partial charge in [-0.2, -0.15) is 23.2 Å². The Labute approximate surface area is 189 Å². The first-order valence-electron chi connectivity index (χ1n) is 10.4. The molecule has 0 bridgehead atoms. The molecule has 2 aromatic heterocycles. The quantitative estimate of drug-likeness (QED) is 0.563. The van der Waals surface area contributed by atoms with Crippen molar-refractivity contribution in [2.24, 2.45) is 0 Å². The molecule has 1 fully saturated rings. The third-order valence-electron chi connectivity index (χ3n) is 5.27. The lowest BCUT2D eigenvalue weighted by Crippen LogP contribution is -2.45. The van der Waals surface area contributed by atoms with Gasteiger partial charge in [0.05, 0.1) is 24.6 Å². The molecule has 0 radical (unpaired) electrons. The van der Waals surface area contributed by atoms with Gasteiger partial charge in [-0.15, -0.1) is 0 Å². The highest BCUT2D eigenvalue weighted by molar-refractivity contribution is 5.62. The molecule has 1 aromatic carbocycles. The van der Waals surface area contributed by atoms with Crippen LogP contribution in [0.1, 0.15) is 11.1 Å². The monoisotopic (exact) mass is 459 g/mol. The minimum absolute atomic E-state index is 0.282. The maximum Gasteiger partial charge on any atom is 0.416 e. The van der Waals surface area contributed by atoms with Crippen molar-refractivity contribution in [2.75, 3.05) is 48.8 Å². The molecule has 0 aliphatic carbocycles. The predicted molar refractivity (Wildman–Crippen MR) is 120 cm³/mol. The van der Waals surface area contributed by atoms with Gasteiger partial charge in [0, 0.05) is 43.6 Å². The number of benzene rings is 1. The van der Waals surface area contributed by atoms with Crippen molar-refractivity contribution in [3.8, 4) is 0 Å². The second-order valence-corrected chi connectivity index (χ2v) is 7.55. The average molecular weight is 459 g/mol. The van der Waals surface area contributed by atoms with E-state index in [9.17, 15) is 13.2 Å². The Balaban J connectivity index is 1.44. The lowest BCUT2D eigenvalue weighted by molar-refractivity contribution is -0.137. The number of rotatable bonds is 6. The molecule has 11 heteroatoms. The zero-order valence-corrected chi connectivity index (χ0v) is 18.2. The van der Waals surface area contributed by atoms with Gasteiger partial charge in [-0.3, -0.25) is 0 Å². The minimum Gasteiger partial charge on any atom is -0.368 e. The number of hydrogen-bond donors (Lipinski definition) is 2. The third kappa shape index (κ3) is 5.68. The van der Waals surface area contributed by atoms with Crippen LogP contribution in [0, 0.1) is 6.92 Å². The molecule has 2 N–H and O–H groups in total. The normalized spacial score (nSPS) is 14.9. The van der Waals surface area contributed by atoms with Gasteiger partial charge in [-0.25, -0.2) is 9.97 Å². The number of piperazine rings is 1. The number of halogens is 3. The fourth-order valence-corrected chi connectivity index (χ4v) is 3.43. The van der Waals surface area contributed by atoms with E-state index in [4.69, 9.17) is 4.84 Å². The van der Waals surface area contributed by atoms with Gasteiger partial charge < -0.3 is 20.4 Å². The Kier molecular flexibility index (Phi) is 6.61. The van der Waals surface area contributed by atoms with E-state index in [0.717, 1.165) is 44.0 Å². The first-order chi connectivity index (χ1) is 15.8. The molecule has 1 saturated heterocycles. The van der Waals surface area contributed by atoms with Gasteiger partial charge in [0.1, 0.15) is 11.6 Å². The number of aryl methyl sites for hydroxylation is 1. The fraction of sp³-hybridized carbons (Fsp3) is 0.318. The van der Waals surface area contributed by atoms with Crippen LogP contribution in [-0.4, -0.2) is 53.3 Å². The number of nitrogens with zero attached hydrogens (tertiary/aromatic N) is 5. The van der Waals surface area contributed by atoms with Crippen molar-refractivity contribution in [1.82, 2.24) is 20.0 Å². The highest BCUT2D eigenvalue weighted by atomic mass is 19.4. The van der Waals surface area contributed by atoms with Gasteiger partial charge >= 0.3 is 6.18 Å². The van der Waals surface area contributed by atoms with Crippen LogP contribution in [0.15, 0.2) is 48.8 Å². The molecule has 33 heavy (non-hydrogen) atoms. The molecule has 0 amide bonds. The van der Waals surface area contributed by atoms with Crippen LogP contribution in [0.2, 0.25) is 0 Å². The second kappa shape index (κ2) is 9.59. The number of alkyl halides is 3. The standard InChI is InChI=1S/C22H24F3N7O/c1-15-13-27-21(30-20(15)28-17-5-3-4-16(12-17)22(23,24)25)29-19-7-6-18(14-26-19)31-8-10-32(33-2)11-9-31/h3-7,12-14H,8-11H2,1-2H3,(H2,26,27,28,29,30). The molecule has 0 spiro atoms. The number of nitrogens with one attached hydrogen (secondary N) is 2. The van der Waals surface area contributed by atoms with Crippen LogP contribution in [0.25, 0.3) is 0 Å². The molecule has 3 heterocycles. The van der Waals surface area contributed by atoms with Crippen LogP contribution in [0.3, 0.4) is 0 Å². The zero-order chi connectivity index (χ0) is 23.4. The summed E-state index contributed by atoms with van der Waals surface area (Å²) in [4.78, 5) is 20.6. The summed E-state index contributed by atoms with van der Waals surface area (Å²) in [5.74, 6) is 1.24. The van der Waals surface area contributed by atoms with E-state index < -0.39 is 11.7 Å². The van der Waals surface area contributed by atoms with Crippen molar-refractivity contribution in [2.45, 2.75) is 13.1 Å². The fourth-order valence-electron chi connectivity index (χ4n) is 3.43. The first kappa shape index (κ1) is 22.7. The van der Waals surface area contributed by atoms with Crippen LogP contribution in [0.5, 0.6) is 0 Å². The molecule has 3 aromatic rings. The van der Waals surface area contributed by atoms with E-state index in [2.05, 4.69) is 30.5 Å². The SMILES string of the molecule is CON1CCN(c2ccc(Nc3ncc(C)c(Nc4cccc(C(F)(F)F)c4)n3)nc2)CC1. The largest absolute Gasteiger partial charge is 0.416 e.